The van der Waals surface area contributed by atoms with Crippen LogP contribution in [-0.4, -0.2) is 49.0 Å². The molecule has 1 aromatic rings. The van der Waals surface area contributed by atoms with Crippen molar-refractivity contribution in [2.45, 2.75) is 38.3 Å². The van der Waals surface area contributed by atoms with Gasteiger partial charge in [-0.25, -0.2) is 0 Å². The number of piperidine rings is 1. The molecule has 0 aromatic heterocycles. The Morgan fingerprint density at radius 1 is 1.35 bits per heavy atom. The molecule has 20 heavy (non-hydrogen) atoms. The van der Waals surface area contributed by atoms with E-state index in [2.05, 4.69) is 11.8 Å². The summed E-state index contributed by atoms with van der Waals surface area (Å²) in [6.45, 7) is 4.31. The van der Waals surface area contributed by atoms with Crippen LogP contribution in [0.3, 0.4) is 0 Å². The fourth-order valence-electron chi connectivity index (χ4n) is 2.64. The molecule has 1 N–H and O–H groups in total. The Kier molecular flexibility index (Phi) is 5.68. The summed E-state index contributed by atoms with van der Waals surface area (Å²) in [6, 6.07) is 8.02. The van der Waals surface area contributed by atoms with Crippen LogP contribution in [0.5, 0.6) is 11.5 Å². The second kappa shape index (κ2) is 7.50. The number of methoxy groups -OCH3 is 1. The molecule has 1 aliphatic rings. The van der Waals surface area contributed by atoms with E-state index in [1.165, 1.54) is 19.3 Å². The first-order valence-electron chi connectivity index (χ1n) is 7.38. The van der Waals surface area contributed by atoms with E-state index in [1.54, 1.807) is 7.11 Å². The molecule has 0 spiro atoms. The van der Waals surface area contributed by atoms with Gasteiger partial charge in [0.25, 0.3) is 0 Å². The smallest absolute Gasteiger partial charge is 0.123 e. The van der Waals surface area contributed by atoms with Gasteiger partial charge in [0, 0.05) is 18.7 Å². The molecular formula is C16H25NO3. The lowest BCUT2D eigenvalue weighted by Crippen LogP contribution is -2.43. The molecule has 112 valence electrons. The van der Waals surface area contributed by atoms with Gasteiger partial charge in [-0.1, -0.05) is 12.5 Å². The Morgan fingerprint density at radius 2 is 2.15 bits per heavy atom. The van der Waals surface area contributed by atoms with Crippen molar-refractivity contribution >= 4 is 0 Å². The molecule has 1 aromatic carbocycles. The lowest BCUT2D eigenvalue weighted by Gasteiger charge is -2.34. The van der Waals surface area contributed by atoms with Crippen LogP contribution < -0.4 is 9.47 Å². The van der Waals surface area contributed by atoms with E-state index in [9.17, 15) is 5.11 Å². The number of hydrogen-bond acceptors (Lipinski definition) is 4. The number of likely N-dealkylation sites (tertiary alicyclic amines) is 1. The van der Waals surface area contributed by atoms with E-state index >= 15 is 0 Å². The second-order valence-electron chi connectivity index (χ2n) is 5.48. The number of β-amino-alcohol motifs (C(OH)–C–C–N with tert-alkyl or cyclic N) is 1. The van der Waals surface area contributed by atoms with E-state index in [-0.39, 0.29) is 0 Å². The molecule has 0 radical (unpaired) electrons. The SMILES string of the molecule is COc1cccc(OC[C@@H](O)CN2CCCC[C@@H]2C)c1. The molecule has 4 heteroatoms. The largest absolute Gasteiger partial charge is 0.497 e. The highest BCUT2D eigenvalue weighted by Crippen LogP contribution is 2.20. The van der Waals surface area contributed by atoms with Gasteiger partial charge >= 0.3 is 0 Å². The van der Waals surface area contributed by atoms with Gasteiger partial charge in [-0.2, -0.15) is 0 Å². The Bertz CT molecular complexity index is 410. The van der Waals surface area contributed by atoms with Gasteiger partial charge in [0.05, 0.1) is 7.11 Å². The first-order valence-corrected chi connectivity index (χ1v) is 7.38. The summed E-state index contributed by atoms with van der Waals surface area (Å²) in [5.74, 6) is 1.50. The van der Waals surface area contributed by atoms with Crippen molar-refractivity contribution in [3.05, 3.63) is 24.3 Å². The van der Waals surface area contributed by atoms with Crippen LogP contribution in [-0.2, 0) is 0 Å². The number of aliphatic hydroxyl groups is 1. The zero-order chi connectivity index (χ0) is 14.4. The van der Waals surface area contributed by atoms with Gasteiger partial charge in [0.1, 0.15) is 24.2 Å². The summed E-state index contributed by atoms with van der Waals surface area (Å²) in [6.07, 6.45) is 3.30. The summed E-state index contributed by atoms with van der Waals surface area (Å²) < 4.78 is 10.8. The van der Waals surface area contributed by atoms with E-state index in [1.807, 2.05) is 24.3 Å². The van der Waals surface area contributed by atoms with Gasteiger partial charge < -0.3 is 14.6 Å². The van der Waals surface area contributed by atoms with E-state index in [4.69, 9.17) is 9.47 Å². The first-order chi connectivity index (χ1) is 9.69. The molecule has 1 heterocycles. The summed E-state index contributed by atoms with van der Waals surface area (Å²) in [5.41, 5.74) is 0. The van der Waals surface area contributed by atoms with Crippen LogP contribution >= 0.6 is 0 Å². The van der Waals surface area contributed by atoms with Crippen molar-refractivity contribution in [1.82, 2.24) is 4.90 Å². The van der Waals surface area contributed by atoms with Crippen LogP contribution in [0.2, 0.25) is 0 Å². The molecule has 1 aliphatic heterocycles. The van der Waals surface area contributed by atoms with Gasteiger partial charge in [-0.15, -0.1) is 0 Å². The number of rotatable bonds is 6. The molecule has 2 rings (SSSR count). The molecular weight excluding hydrogens is 254 g/mol. The maximum absolute atomic E-state index is 10.1. The molecule has 1 saturated heterocycles. The average molecular weight is 279 g/mol. The number of ether oxygens (including phenoxy) is 2. The summed E-state index contributed by atoms with van der Waals surface area (Å²) in [4.78, 5) is 2.35. The van der Waals surface area contributed by atoms with Crippen LogP contribution in [0.4, 0.5) is 0 Å². The zero-order valence-electron chi connectivity index (χ0n) is 12.4. The Hall–Kier alpha value is -1.26. The van der Waals surface area contributed by atoms with Gasteiger partial charge in [-0.05, 0) is 38.4 Å². The summed E-state index contributed by atoms with van der Waals surface area (Å²) >= 11 is 0. The highest BCUT2D eigenvalue weighted by Gasteiger charge is 2.20. The molecule has 2 atom stereocenters. The molecule has 1 fully saturated rings. The number of benzene rings is 1. The van der Waals surface area contributed by atoms with Crippen molar-refractivity contribution in [3.63, 3.8) is 0 Å². The van der Waals surface area contributed by atoms with Crippen molar-refractivity contribution in [3.8, 4) is 11.5 Å². The van der Waals surface area contributed by atoms with Crippen molar-refractivity contribution in [2.75, 3.05) is 26.8 Å². The van der Waals surface area contributed by atoms with Crippen LogP contribution in [0.25, 0.3) is 0 Å². The number of aliphatic hydroxyl groups excluding tert-OH is 1. The van der Waals surface area contributed by atoms with Crippen LogP contribution in [0, 0.1) is 0 Å². The lowest BCUT2D eigenvalue weighted by molar-refractivity contribution is 0.0437. The minimum atomic E-state index is -0.457. The van der Waals surface area contributed by atoms with E-state index in [0.717, 1.165) is 18.0 Å². The van der Waals surface area contributed by atoms with Crippen LogP contribution in [0.15, 0.2) is 24.3 Å². The average Bonchev–Trinajstić information content (AvgIpc) is 2.48. The third kappa shape index (κ3) is 4.39. The first kappa shape index (κ1) is 15.1. The fourth-order valence-corrected chi connectivity index (χ4v) is 2.64. The molecule has 0 bridgehead atoms. The Labute approximate surface area is 121 Å². The predicted octanol–water partition coefficient (Wildman–Crippen LogP) is 2.31. The topological polar surface area (TPSA) is 41.9 Å². The van der Waals surface area contributed by atoms with E-state index < -0.39 is 6.10 Å². The van der Waals surface area contributed by atoms with Crippen molar-refractivity contribution < 1.29 is 14.6 Å². The molecule has 0 aliphatic carbocycles. The molecule has 0 saturated carbocycles. The Balaban J connectivity index is 1.77. The summed E-state index contributed by atoms with van der Waals surface area (Å²) in [7, 11) is 1.63. The molecule has 4 nitrogen and oxygen atoms in total. The summed E-state index contributed by atoms with van der Waals surface area (Å²) in [5, 5.41) is 10.1. The minimum Gasteiger partial charge on any atom is -0.497 e. The quantitative estimate of drug-likeness (QED) is 0.867. The number of nitrogens with zero attached hydrogens (tertiary/aromatic N) is 1. The van der Waals surface area contributed by atoms with Gasteiger partial charge in [0.15, 0.2) is 0 Å². The Morgan fingerprint density at radius 3 is 2.90 bits per heavy atom. The number of hydrogen-bond donors (Lipinski definition) is 1. The van der Waals surface area contributed by atoms with Gasteiger partial charge in [-0.3, -0.25) is 4.90 Å². The maximum Gasteiger partial charge on any atom is 0.123 e. The minimum absolute atomic E-state index is 0.316. The maximum atomic E-state index is 10.1. The van der Waals surface area contributed by atoms with E-state index in [0.29, 0.717) is 19.2 Å². The van der Waals surface area contributed by atoms with Gasteiger partial charge in [0.2, 0.25) is 0 Å². The van der Waals surface area contributed by atoms with Crippen molar-refractivity contribution in [1.29, 1.82) is 0 Å². The van der Waals surface area contributed by atoms with Crippen LogP contribution in [0.1, 0.15) is 26.2 Å². The lowest BCUT2D eigenvalue weighted by atomic mass is 10.0. The predicted molar refractivity (Wildman–Crippen MR) is 79.4 cm³/mol. The monoisotopic (exact) mass is 279 g/mol. The molecule has 0 amide bonds. The third-order valence-corrected chi connectivity index (χ3v) is 3.87. The highest BCUT2D eigenvalue weighted by molar-refractivity contribution is 5.32. The third-order valence-electron chi connectivity index (χ3n) is 3.87. The normalized spacial score (nSPS) is 21.4. The second-order valence-corrected chi connectivity index (χ2v) is 5.48. The zero-order valence-corrected chi connectivity index (χ0v) is 12.4. The fraction of sp³-hybridized carbons (Fsp3) is 0.625. The molecule has 0 unspecified atom stereocenters. The van der Waals surface area contributed by atoms with Crippen molar-refractivity contribution in [2.24, 2.45) is 0 Å². The standard InChI is InChI=1S/C16H25NO3/c1-13-6-3-4-9-17(13)11-14(18)12-20-16-8-5-7-15(10-16)19-2/h5,7-8,10,13-14,18H,3-4,6,9,11-12H2,1-2H3/t13-,14-/m0/s1. The highest BCUT2D eigenvalue weighted by atomic mass is 16.5.